The van der Waals surface area contributed by atoms with E-state index in [2.05, 4.69) is 10.6 Å². The van der Waals surface area contributed by atoms with Gasteiger partial charge in [0.15, 0.2) is 0 Å². The molecule has 1 aromatic carbocycles. The zero-order chi connectivity index (χ0) is 15.2. The number of rotatable bonds is 6. The molecule has 0 saturated heterocycles. The highest BCUT2D eigenvalue weighted by Gasteiger charge is 2.18. The van der Waals surface area contributed by atoms with E-state index in [1.807, 2.05) is 32.2 Å². The molecule has 6 heteroatoms. The smallest absolute Gasteiger partial charge is 0.319 e. The van der Waals surface area contributed by atoms with Gasteiger partial charge < -0.3 is 15.7 Å². The molecule has 0 unspecified atom stereocenters. The number of hydrogen-bond donors (Lipinski definition) is 3. The second kappa shape index (κ2) is 7.76. The number of amides is 2. The van der Waals surface area contributed by atoms with Crippen molar-refractivity contribution in [2.24, 2.45) is 5.41 Å². The van der Waals surface area contributed by atoms with Gasteiger partial charge in [0.05, 0.1) is 5.02 Å². The summed E-state index contributed by atoms with van der Waals surface area (Å²) in [6.45, 7) is 4.60. The lowest BCUT2D eigenvalue weighted by atomic mass is 9.90. The molecular formula is C14H21ClN2O2S. The highest BCUT2D eigenvalue weighted by molar-refractivity contribution is 7.98. The summed E-state index contributed by atoms with van der Waals surface area (Å²) in [5.41, 5.74) is 0.525. The third kappa shape index (κ3) is 5.61. The fraction of sp³-hybridized carbons (Fsp3) is 0.500. The number of carbonyl (C=O) groups excluding carboxylic acids is 1. The van der Waals surface area contributed by atoms with Crippen molar-refractivity contribution in [3.63, 3.8) is 0 Å². The van der Waals surface area contributed by atoms with Crippen LogP contribution in [0.4, 0.5) is 10.5 Å². The predicted octanol–water partition coefficient (Wildman–Crippen LogP) is 3.59. The van der Waals surface area contributed by atoms with E-state index in [0.717, 1.165) is 4.90 Å². The third-order valence-electron chi connectivity index (χ3n) is 2.93. The van der Waals surface area contributed by atoms with Crippen molar-refractivity contribution in [1.82, 2.24) is 5.32 Å². The van der Waals surface area contributed by atoms with Crippen molar-refractivity contribution in [3.8, 4) is 0 Å². The van der Waals surface area contributed by atoms with Crippen LogP contribution in [0.5, 0.6) is 0 Å². The number of thioether (sulfide) groups is 1. The summed E-state index contributed by atoms with van der Waals surface area (Å²) in [6, 6.07) is 5.14. The molecule has 0 atom stereocenters. The topological polar surface area (TPSA) is 61.4 Å². The standard InChI is InChI=1S/C14H21ClN2O2S/c1-14(2,6-7-18)9-16-13(19)17-10-4-5-12(20-3)11(15)8-10/h4-5,8,18H,6-7,9H2,1-3H3,(H2,16,17,19). The zero-order valence-electron chi connectivity index (χ0n) is 12.0. The first-order valence-corrected chi connectivity index (χ1v) is 7.97. The first-order valence-electron chi connectivity index (χ1n) is 6.37. The van der Waals surface area contributed by atoms with E-state index in [4.69, 9.17) is 16.7 Å². The molecule has 112 valence electrons. The Kier molecular flexibility index (Phi) is 6.65. The Balaban J connectivity index is 2.52. The summed E-state index contributed by atoms with van der Waals surface area (Å²) < 4.78 is 0. The Bertz CT molecular complexity index is 466. The van der Waals surface area contributed by atoms with Crippen LogP contribution in [-0.2, 0) is 0 Å². The second-order valence-corrected chi connectivity index (χ2v) is 6.55. The average molecular weight is 317 g/mol. The number of halogens is 1. The van der Waals surface area contributed by atoms with E-state index in [9.17, 15) is 4.79 Å². The van der Waals surface area contributed by atoms with Gasteiger partial charge in [-0.3, -0.25) is 0 Å². The Hall–Kier alpha value is -0.910. The van der Waals surface area contributed by atoms with Gasteiger partial charge in [0.2, 0.25) is 0 Å². The van der Waals surface area contributed by atoms with Crippen LogP contribution in [0.1, 0.15) is 20.3 Å². The Morgan fingerprint density at radius 3 is 2.70 bits per heavy atom. The summed E-state index contributed by atoms with van der Waals surface area (Å²) in [5.74, 6) is 0. The third-order valence-corrected chi connectivity index (χ3v) is 4.15. The van der Waals surface area contributed by atoms with Crippen LogP contribution in [0.25, 0.3) is 0 Å². The molecule has 0 fully saturated rings. The highest BCUT2D eigenvalue weighted by Crippen LogP contribution is 2.27. The zero-order valence-corrected chi connectivity index (χ0v) is 13.6. The van der Waals surface area contributed by atoms with Crippen molar-refractivity contribution in [2.45, 2.75) is 25.2 Å². The van der Waals surface area contributed by atoms with Gasteiger partial charge in [-0.1, -0.05) is 25.4 Å². The van der Waals surface area contributed by atoms with Gasteiger partial charge in [0, 0.05) is 23.7 Å². The Labute approximate surface area is 129 Å². The largest absolute Gasteiger partial charge is 0.396 e. The molecule has 0 spiro atoms. The van der Waals surface area contributed by atoms with Crippen molar-refractivity contribution in [1.29, 1.82) is 0 Å². The number of aliphatic hydroxyl groups excluding tert-OH is 1. The number of nitrogens with one attached hydrogen (secondary N) is 2. The molecule has 4 nitrogen and oxygen atoms in total. The summed E-state index contributed by atoms with van der Waals surface area (Å²) in [5, 5.41) is 15.1. The fourth-order valence-electron chi connectivity index (χ4n) is 1.63. The van der Waals surface area contributed by atoms with Gasteiger partial charge in [-0.25, -0.2) is 4.79 Å². The molecule has 2 amide bonds. The van der Waals surface area contributed by atoms with Gasteiger partial charge >= 0.3 is 6.03 Å². The molecule has 0 bridgehead atoms. The summed E-state index contributed by atoms with van der Waals surface area (Å²) in [4.78, 5) is 12.8. The minimum absolute atomic E-state index is 0.113. The van der Waals surface area contributed by atoms with E-state index < -0.39 is 0 Å². The quantitative estimate of drug-likeness (QED) is 0.703. The molecule has 20 heavy (non-hydrogen) atoms. The molecule has 0 saturated carbocycles. The molecule has 0 aromatic heterocycles. The van der Waals surface area contributed by atoms with Gasteiger partial charge in [0.1, 0.15) is 0 Å². The van der Waals surface area contributed by atoms with E-state index in [0.29, 0.717) is 23.7 Å². The maximum Gasteiger partial charge on any atom is 0.319 e. The van der Waals surface area contributed by atoms with E-state index in [1.165, 1.54) is 0 Å². The number of aliphatic hydroxyl groups is 1. The molecule has 0 aliphatic rings. The van der Waals surface area contributed by atoms with Crippen molar-refractivity contribution in [2.75, 3.05) is 24.7 Å². The van der Waals surface area contributed by atoms with Crippen LogP contribution < -0.4 is 10.6 Å². The lowest BCUT2D eigenvalue weighted by Gasteiger charge is -2.23. The average Bonchev–Trinajstić information content (AvgIpc) is 2.37. The molecule has 1 aromatic rings. The van der Waals surface area contributed by atoms with Crippen LogP contribution in [0.3, 0.4) is 0 Å². The molecule has 0 aliphatic carbocycles. The van der Waals surface area contributed by atoms with Crippen molar-refractivity contribution in [3.05, 3.63) is 23.2 Å². The Morgan fingerprint density at radius 2 is 2.15 bits per heavy atom. The SMILES string of the molecule is CSc1ccc(NC(=O)NCC(C)(C)CCO)cc1Cl. The van der Waals surface area contributed by atoms with Gasteiger partial charge in [-0.15, -0.1) is 11.8 Å². The minimum atomic E-state index is -0.274. The molecule has 0 aliphatic heterocycles. The van der Waals surface area contributed by atoms with Crippen LogP contribution in [0.15, 0.2) is 23.1 Å². The Morgan fingerprint density at radius 1 is 1.45 bits per heavy atom. The van der Waals surface area contributed by atoms with E-state index >= 15 is 0 Å². The molecular weight excluding hydrogens is 296 g/mol. The van der Waals surface area contributed by atoms with E-state index in [1.54, 1.807) is 17.8 Å². The van der Waals surface area contributed by atoms with Crippen molar-refractivity contribution < 1.29 is 9.90 Å². The lowest BCUT2D eigenvalue weighted by Crippen LogP contribution is -2.37. The van der Waals surface area contributed by atoms with Gasteiger partial charge in [0.25, 0.3) is 0 Å². The number of carbonyl (C=O) groups is 1. The first kappa shape index (κ1) is 17.1. The van der Waals surface area contributed by atoms with Gasteiger partial charge in [-0.2, -0.15) is 0 Å². The predicted molar refractivity (Wildman–Crippen MR) is 85.7 cm³/mol. The van der Waals surface area contributed by atoms with Crippen LogP contribution in [0, 0.1) is 5.41 Å². The summed E-state index contributed by atoms with van der Waals surface area (Å²) in [7, 11) is 0. The molecule has 0 radical (unpaired) electrons. The van der Waals surface area contributed by atoms with Crippen LogP contribution in [-0.4, -0.2) is 30.5 Å². The van der Waals surface area contributed by atoms with Gasteiger partial charge in [-0.05, 0) is 36.3 Å². The molecule has 3 N–H and O–H groups in total. The van der Waals surface area contributed by atoms with Crippen LogP contribution in [0.2, 0.25) is 5.02 Å². The minimum Gasteiger partial charge on any atom is -0.396 e. The summed E-state index contributed by atoms with van der Waals surface area (Å²) in [6.07, 6.45) is 2.59. The maximum absolute atomic E-state index is 11.8. The van der Waals surface area contributed by atoms with E-state index in [-0.39, 0.29) is 18.1 Å². The molecule has 0 heterocycles. The summed E-state index contributed by atoms with van der Waals surface area (Å²) >= 11 is 7.64. The highest BCUT2D eigenvalue weighted by atomic mass is 35.5. The van der Waals surface area contributed by atoms with Crippen molar-refractivity contribution >= 4 is 35.1 Å². The lowest BCUT2D eigenvalue weighted by molar-refractivity contribution is 0.204. The molecule has 1 rings (SSSR count). The maximum atomic E-state index is 11.8. The first-order chi connectivity index (χ1) is 9.38. The number of benzene rings is 1. The van der Waals surface area contributed by atoms with Crippen LogP contribution >= 0.6 is 23.4 Å². The second-order valence-electron chi connectivity index (χ2n) is 5.29. The number of anilines is 1. The fourth-order valence-corrected chi connectivity index (χ4v) is 2.50. The number of urea groups is 1. The normalized spacial score (nSPS) is 11.2. The number of hydrogen-bond acceptors (Lipinski definition) is 3. The monoisotopic (exact) mass is 316 g/mol.